The number of amides is 1. The molecule has 0 bridgehead atoms. The Morgan fingerprint density at radius 3 is 2.23 bits per heavy atom. The van der Waals surface area contributed by atoms with E-state index in [9.17, 15) is 30.8 Å². The van der Waals surface area contributed by atoms with Gasteiger partial charge in [0.1, 0.15) is 11.6 Å². The third-order valence-electron chi connectivity index (χ3n) is 6.46. The summed E-state index contributed by atoms with van der Waals surface area (Å²) in [7, 11) is -2.34. The van der Waals surface area contributed by atoms with E-state index in [2.05, 4.69) is 0 Å². The molecule has 3 aromatic carbocycles. The van der Waals surface area contributed by atoms with Gasteiger partial charge in [0.25, 0.3) is 5.91 Å². The first-order chi connectivity index (χ1) is 18.4. The van der Waals surface area contributed by atoms with Gasteiger partial charge in [0.15, 0.2) is 0 Å². The Kier molecular flexibility index (Phi) is 8.05. The number of piperazine rings is 1. The number of sulfonamides is 1. The van der Waals surface area contributed by atoms with Crippen molar-refractivity contribution in [3.05, 3.63) is 89.2 Å². The van der Waals surface area contributed by atoms with Crippen LogP contribution in [0.4, 0.5) is 28.9 Å². The highest BCUT2D eigenvalue weighted by Crippen LogP contribution is 2.32. The summed E-state index contributed by atoms with van der Waals surface area (Å²) in [4.78, 5) is 16.7. The van der Waals surface area contributed by atoms with Gasteiger partial charge in [0, 0.05) is 43.0 Å². The number of alkyl halides is 3. The van der Waals surface area contributed by atoms with Crippen molar-refractivity contribution in [3.8, 4) is 5.75 Å². The number of nitrogens with zero attached hydrogens (tertiary/aromatic N) is 3. The smallest absolute Gasteiger partial charge is 0.416 e. The van der Waals surface area contributed by atoms with E-state index in [1.165, 1.54) is 25.3 Å². The van der Waals surface area contributed by atoms with Gasteiger partial charge in [-0.25, -0.2) is 12.8 Å². The molecule has 39 heavy (non-hydrogen) atoms. The molecule has 0 spiro atoms. The summed E-state index contributed by atoms with van der Waals surface area (Å²) in [5.41, 5.74) is 0.702. The summed E-state index contributed by atoms with van der Waals surface area (Å²) in [6.45, 7) is 1.13. The van der Waals surface area contributed by atoms with Crippen LogP contribution in [0.5, 0.6) is 5.75 Å². The van der Waals surface area contributed by atoms with Crippen LogP contribution in [0.15, 0.2) is 66.7 Å². The van der Waals surface area contributed by atoms with Gasteiger partial charge in [-0.15, -0.1) is 0 Å². The molecule has 4 rings (SSSR count). The predicted octanol–water partition coefficient (Wildman–Crippen LogP) is 4.78. The molecule has 1 fully saturated rings. The van der Waals surface area contributed by atoms with E-state index in [0.29, 0.717) is 48.7 Å². The maximum Gasteiger partial charge on any atom is 0.416 e. The molecule has 1 amide bonds. The molecule has 1 aliphatic heterocycles. The number of hydrogen-bond donors (Lipinski definition) is 0. The Morgan fingerprint density at radius 2 is 1.64 bits per heavy atom. The number of halogens is 4. The van der Waals surface area contributed by atoms with Crippen LogP contribution in [-0.2, 0) is 22.7 Å². The van der Waals surface area contributed by atoms with Crippen LogP contribution in [0.1, 0.15) is 21.5 Å². The van der Waals surface area contributed by atoms with E-state index >= 15 is 0 Å². The van der Waals surface area contributed by atoms with Gasteiger partial charge in [0.05, 0.1) is 31.2 Å². The molecule has 7 nitrogen and oxygen atoms in total. The van der Waals surface area contributed by atoms with Crippen molar-refractivity contribution in [3.63, 3.8) is 0 Å². The fourth-order valence-corrected chi connectivity index (χ4v) is 5.30. The van der Waals surface area contributed by atoms with E-state index in [4.69, 9.17) is 4.74 Å². The molecule has 0 radical (unpaired) electrons. The van der Waals surface area contributed by atoms with Crippen molar-refractivity contribution in [2.45, 2.75) is 12.7 Å². The average Bonchev–Trinajstić information content (AvgIpc) is 2.91. The van der Waals surface area contributed by atoms with Gasteiger partial charge in [-0.2, -0.15) is 13.2 Å². The Hall–Kier alpha value is -3.80. The van der Waals surface area contributed by atoms with Crippen LogP contribution in [-0.4, -0.2) is 58.8 Å². The highest BCUT2D eigenvalue weighted by Gasteiger charge is 2.31. The molecule has 0 aromatic heterocycles. The van der Waals surface area contributed by atoms with Crippen molar-refractivity contribution in [2.75, 3.05) is 48.7 Å². The lowest BCUT2D eigenvalue weighted by molar-refractivity contribution is -0.137. The summed E-state index contributed by atoms with van der Waals surface area (Å²) in [6, 6.07) is 14.8. The highest BCUT2D eigenvalue weighted by molar-refractivity contribution is 7.92. The number of carbonyl (C=O) groups excluding carboxylic acids is 1. The molecule has 208 valence electrons. The fraction of sp³-hybridized carbons (Fsp3) is 0.296. The maximum atomic E-state index is 13.4. The van der Waals surface area contributed by atoms with Crippen LogP contribution in [0.3, 0.4) is 0 Å². The summed E-state index contributed by atoms with van der Waals surface area (Å²) in [5, 5.41) is 0. The Labute approximate surface area is 224 Å². The number of methoxy groups -OCH3 is 1. The van der Waals surface area contributed by atoms with Gasteiger partial charge in [-0.3, -0.25) is 9.10 Å². The van der Waals surface area contributed by atoms with Crippen LogP contribution < -0.4 is 13.9 Å². The highest BCUT2D eigenvalue weighted by atomic mass is 32.2. The second kappa shape index (κ2) is 11.1. The van der Waals surface area contributed by atoms with E-state index < -0.39 is 27.6 Å². The summed E-state index contributed by atoms with van der Waals surface area (Å²) < 4.78 is 84.3. The molecule has 1 saturated heterocycles. The van der Waals surface area contributed by atoms with E-state index in [1.807, 2.05) is 0 Å². The molecule has 1 heterocycles. The number of carbonyl (C=O) groups is 1. The molecular weight excluding hydrogens is 538 g/mol. The molecule has 12 heteroatoms. The van der Waals surface area contributed by atoms with Crippen molar-refractivity contribution < 1.29 is 35.5 Å². The minimum absolute atomic E-state index is 0.155. The first kappa shape index (κ1) is 28.2. The van der Waals surface area contributed by atoms with Gasteiger partial charge in [-0.1, -0.05) is 6.07 Å². The number of rotatable bonds is 7. The SMILES string of the molecule is COc1ccc(C(=O)N2CCN(c3cccc(C(F)(F)F)c3)CC2)cc1CN(c1ccc(F)cc1)S(C)(=O)=O. The molecule has 0 saturated carbocycles. The first-order valence-electron chi connectivity index (χ1n) is 12.0. The normalized spacial score (nSPS) is 14.3. The summed E-state index contributed by atoms with van der Waals surface area (Å²) >= 11 is 0. The molecule has 1 aliphatic rings. The Bertz CT molecular complexity index is 1440. The number of ether oxygens (including phenoxy) is 1. The quantitative estimate of drug-likeness (QED) is 0.386. The molecule has 3 aromatic rings. The Morgan fingerprint density at radius 1 is 0.974 bits per heavy atom. The van der Waals surface area contributed by atoms with Crippen molar-refractivity contribution in [1.29, 1.82) is 0 Å². The second-order valence-electron chi connectivity index (χ2n) is 9.10. The third kappa shape index (κ3) is 6.62. The lowest BCUT2D eigenvalue weighted by Gasteiger charge is -2.36. The largest absolute Gasteiger partial charge is 0.496 e. The summed E-state index contributed by atoms with van der Waals surface area (Å²) in [6.07, 6.45) is -3.41. The van der Waals surface area contributed by atoms with E-state index in [-0.39, 0.29) is 18.1 Å². The van der Waals surface area contributed by atoms with Gasteiger partial charge in [0.2, 0.25) is 10.0 Å². The van der Waals surface area contributed by atoms with Crippen LogP contribution in [0.25, 0.3) is 0 Å². The van der Waals surface area contributed by atoms with Gasteiger partial charge in [-0.05, 0) is 60.7 Å². The van der Waals surface area contributed by atoms with Crippen LogP contribution in [0, 0.1) is 5.82 Å². The van der Waals surface area contributed by atoms with Crippen molar-refractivity contribution >= 4 is 27.3 Å². The average molecular weight is 566 g/mol. The van der Waals surface area contributed by atoms with E-state index in [0.717, 1.165) is 34.8 Å². The third-order valence-corrected chi connectivity index (χ3v) is 7.60. The Balaban J connectivity index is 1.51. The minimum Gasteiger partial charge on any atom is -0.496 e. The number of anilines is 2. The maximum absolute atomic E-state index is 13.4. The second-order valence-corrected chi connectivity index (χ2v) is 11.0. The molecule has 0 aliphatic carbocycles. The van der Waals surface area contributed by atoms with Crippen LogP contribution in [0.2, 0.25) is 0 Å². The first-order valence-corrected chi connectivity index (χ1v) is 13.8. The molecular formula is C27H27F4N3O4S. The zero-order chi connectivity index (χ0) is 28.4. The van der Waals surface area contributed by atoms with Crippen molar-refractivity contribution in [1.82, 2.24) is 4.90 Å². The van der Waals surface area contributed by atoms with E-state index in [1.54, 1.807) is 34.1 Å². The monoisotopic (exact) mass is 565 g/mol. The van der Waals surface area contributed by atoms with Crippen LogP contribution >= 0.6 is 0 Å². The topological polar surface area (TPSA) is 70.2 Å². The molecule has 0 N–H and O–H groups in total. The van der Waals surface area contributed by atoms with Gasteiger partial charge >= 0.3 is 6.18 Å². The standard InChI is InChI=1S/C27H27F4N3O4S/c1-38-25-11-6-19(16-20(25)18-34(39(2,36)37)23-9-7-22(28)8-10-23)26(35)33-14-12-32(13-15-33)24-5-3-4-21(17-24)27(29,30)31/h3-11,16-17H,12-15,18H2,1-2H3. The molecule has 0 atom stereocenters. The lowest BCUT2D eigenvalue weighted by atomic mass is 10.1. The summed E-state index contributed by atoms with van der Waals surface area (Å²) in [5.74, 6) is -0.433. The predicted molar refractivity (Wildman–Crippen MR) is 140 cm³/mol. The van der Waals surface area contributed by atoms with Gasteiger partial charge < -0.3 is 14.5 Å². The zero-order valence-corrected chi connectivity index (χ0v) is 22.1. The molecule has 0 unspecified atom stereocenters. The fourth-order valence-electron chi connectivity index (χ4n) is 4.43. The minimum atomic E-state index is -4.44. The number of benzene rings is 3. The van der Waals surface area contributed by atoms with Crippen molar-refractivity contribution in [2.24, 2.45) is 0 Å². The lowest BCUT2D eigenvalue weighted by Crippen LogP contribution is -2.48. The zero-order valence-electron chi connectivity index (χ0n) is 21.3. The number of hydrogen-bond acceptors (Lipinski definition) is 5.